The van der Waals surface area contributed by atoms with E-state index in [-0.39, 0.29) is 11.5 Å². The predicted octanol–water partition coefficient (Wildman–Crippen LogP) is 4.53. The second-order valence-corrected chi connectivity index (χ2v) is 6.01. The molecule has 0 bridgehead atoms. The summed E-state index contributed by atoms with van der Waals surface area (Å²) in [6.07, 6.45) is -1.95. The van der Waals surface area contributed by atoms with Gasteiger partial charge in [-0.3, -0.25) is 0 Å². The lowest BCUT2D eigenvalue weighted by Gasteiger charge is -2.04. The third kappa shape index (κ3) is 2.94. The van der Waals surface area contributed by atoms with Gasteiger partial charge in [-0.15, -0.1) is 20.1 Å². The summed E-state index contributed by atoms with van der Waals surface area (Å²) in [7, 11) is 0. The Labute approximate surface area is 140 Å². The molecule has 0 fully saturated rings. The Kier molecular flexibility index (Phi) is 3.44. The van der Waals surface area contributed by atoms with Gasteiger partial charge in [0.1, 0.15) is 5.01 Å². The molecule has 0 saturated carbocycles. The molecule has 2 heterocycles. The van der Waals surface area contributed by atoms with Crippen molar-refractivity contribution in [2.24, 2.45) is 0 Å². The molecule has 1 aliphatic heterocycles. The van der Waals surface area contributed by atoms with Crippen LogP contribution in [0.3, 0.4) is 0 Å². The number of nitrogens with zero attached hydrogens (tertiary/aromatic N) is 1. The average Bonchev–Trinajstić information content (AvgIpc) is 3.15. The van der Waals surface area contributed by atoms with Gasteiger partial charge in [0.15, 0.2) is 11.5 Å². The van der Waals surface area contributed by atoms with Crippen LogP contribution in [0.2, 0.25) is 0 Å². The molecule has 1 aliphatic rings. The van der Waals surface area contributed by atoms with E-state index in [0.717, 1.165) is 10.4 Å². The molecule has 3 nitrogen and oxygen atoms in total. The highest BCUT2D eigenvalue weighted by Gasteiger charge is 2.43. The third-order valence-corrected chi connectivity index (χ3v) is 4.22. The van der Waals surface area contributed by atoms with E-state index in [0.29, 0.717) is 10.6 Å². The minimum Gasteiger partial charge on any atom is -0.395 e. The van der Waals surface area contributed by atoms with Crippen LogP contribution in [0.25, 0.3) is 10.6 Å². The zero-order chi connectivity index (χ0) is 16.6. The Morgan fingerprint density at radius 3 is 2.58 bits per heavy atom. The first-order valence-electron chi connectivity index (χ1n) is 7.02. The molecule has 0 radical (unpaired) electrons. The van der Waals surface area contributed by atoms with Crippen molar-refractivity contribution in [2.45, 2.75) is 6.29 Å². The second kappa shape index (κ2) is 5.62. The zero-order valence-electron chi connectivity index (χ0n) is 12.1. The predicted molar refractivity (Wildman–Crippen MR) is 86.2 cm³/mol. The van der Waals surface area contributed by atoms with Crippen molar-refractivity contribution in [3.05, 3.63) is 65.2 Å². The number of thiazole rings is 1. The highest BCUT2D eigenvalue weighted by Crippen LogP contribution is 2.43. The molecule has 0 N–H and O–H groups in total. The average molecular weight is 341 g/mol. The fourth-order valence-electron chi connectivity index (χ4n) is 2.20. The zero-order valence-corrected chi connectivity index (χ0v) is 12.9. The van der Waals surface area contributed by atoms with Crippen molar-refractivity contribution in [3.8, 4) is 33.9 Å². The first-order valence-corrected chi connectivity index (χ1v) is 7.84. The molecule has 0 unspecified atom stereocenters. The minimum absolute atomic E-state index is 0.00428. The van der Waals surface area contributed by atoms with E-state index >= 15 is 0 Å². The molecule has 3 aromatic rings. The number of alkyl halides is 2. The van der Waals surface area contributed by atoms with Crippen molar-refractivity contribution in [1.29, 1.82) is 0 Å². The number of hydrogen-bond acceptors (Lipinski definition) is 4. The Bertz CT molecular complexity index is 958. The molecule has 0 spiro atoms. The first-order chi connectivity index (χ1) is 11.6. The van der Waals surface area contributed by atoms with Gasteiger partial charge in [-0.2, -0.15) is 0 Å². The lowest BCUT2D eigenvalue weighted by atomic mass is 10.2. The SMILES string of the molecule is FC1(F)Oc2ccc(-c3ncc(C#Cc4ccccc4)s3)cc2O1. The molecule has 4 rings (SSSR count). The van der Waals surface area contributed by atoms with Crippen LogP contribution < -0.4 is 9.47 Å². The summed E-state index contributed by atoms with van der Waals surface area (Å²) in [6, 6.07) is 14.2. The number of aromatic nitrogens is 1. The minimum atomic E-state index is -3.61. The molecule has 0 amide bonds. The van der Waals surface area contributed by atoms with E-state index in [4.69, 9.17) is 0 Å². The van der Waals surface area contributed by atoms with Crippen LogP contribution >= 0.6 is 11.3 Å². The van der Waals surface area contributed by atoms with Crippen LogP contribution in [0.4, 0.5) is 8.78 Å². The van der Waals surface area contributed by atoms with Gasteiger partial charge in [0.05, 0.1) is 11.1 Å². The van der Waals surface area contributed by atoms with E-state index in [1.165, 1.54) is 23.5 Å². The Balaban J connectivity index is 1.59. The summed E-state index contributed by atoms with van der Waals surface area (Å²) < 4.78 is 35.0. The van der Waals surface area contributed by atoms with E-state index in [1.807, 2.05) is 30.3 Å². The summed E-state index contributed by atoms with van der Waals surface area (Å²) in [6.45, 7) is 0. The van der Waals surface area contributed by atoms with Crippen molar-refractivity contribution in [1.82, 2.24) is 4.98 Å². The van der Waals surface area contributed by atoms with E-state index in [1.54, 1.807) is 12.3 Å². The number of hydrogen-bond donors (Lipinski definition) is 0. The van der Waals surface area contributed by atoms with Crippen molar-refractivity contribution in [3.63, 3.8) is 0 Å². The Morgan fingerprint density at radius 1 is 0.958 bits per heavy atom. The maximum atomic E-state index is 13.1. The van der Waals surface area contributed by atoms with Gasteiger partial charge in [-0.1, -0.05) is 24.1 Å². The molecule has 24 heavy (non-hydrogen) atoms. The van der Waals surface area contributed by atoms with Gasteiger partial charge in [0.25, 0.3) is 0 Å². The van der Waals surface area contributed by atoms with Gasteiger partial charge in [0, 0.05) is 11.1 Å². The first kappa shape index (κ1) is 14.7. The van der Waals surface area contributed by atoms with Crippen molar-refractivity contribution >= 4 is 11.3 Å². The van der Waals surface area contributed by atoms with Crippen LogP contribution in [0.1, 0.15) is 10.4 Å². The van der Waals surface area contributed by atoms with Gasteiger partial charge in [-0.05, 0) is 36.3 Å². The third-order valence-electron chi connectivity index (χ3n) is 3.26. The van der Waals surface area contributed by atoms with Crippen molar-refractivity contribution < 1.29 is 18.3 Å². The van der Waals surface area contributed by atoms with Crippen molar-refractivity contribution in [2.75, 3.05) is 0 Å². The summed E-state index contributed by atoms with van der Waals surface area (Å²) in [5, 5.41) is 0.675. The molecule has 118 valence electrons. The molecule has 2 aromatic carbocycles. The van der Waals surface area contributed by atoms with Crippen LogP contribution in [0.15, 0.2) is 54.7 Å². The fourth-order valence-corrected chi connectivity index (χ4v) is 2.97. The lowest BCUT2D eigenvalue weighted by Crippen LogP contribution is -2.25. The van der Waals surface area contributed by atoms with Crippen LogP contribution in [-0.2, 0) is 0 Å². The Morgan fingerprint density at radius 2 is 1.75 bits per heavy atom. The van der Waals surface area contributed by atoms with Crippen LogP contribution in [0.5, 0.6) is 11.5 Å². The van der Waals surface area contributed by atoms with E-state index < -0.39 is 6.29 Å². The van der Waals surface area contributed by atoms with Crippen LogP contribution in [-0.4, -0.2) is 11.3 Å². The normalized spacial score (nSPS) is 14.1. The highest BCUT2D eigenvalue weighted by atomic mass is 32.1. The largest absolute Gasteiger partial charge is 0.586 e. The maximum absolute atomic E-state index is 13.1. The Hall–Kier alpha value is -2.91. The topological polar surface area (TPSA) is 31.4 Å². The highest BCUT2D eigenvalue weighted by molar-refractivity contribution is 7.15. The number of fused-ring (bicyclic) bond motifs is 1. The fraction of sp³-hybridized carbons (Fsp3) is 0.0556. The smallest absolute Gasteiger partial charge is 0.395 e. The van der Waals surface area contributed by atoms with Gasteiger partial charge < -0.3 is 9.47 Å². The van der Waals surface area contributed by atoms with E-state index in [2.05, 4.69) is 26.3 Å². The summed E-state index contributed by atoms with van der Waals surface area (Å²) in [5.41, 5.74) is 1.59. The molecule has 0 saturated heterocycles. The molecule has 0 aliphatic carbocycles. The standard InChI is InChI=1S/C18H9F2NO2S/c19-18(20)22-15-9-7-13(10-16(15)23-18)17-21-11-14(24-17)8-6-12-4-2-1-3-5-12/h1-5,7,9-11H. The molecular formula is C18H9F2NO2S. The summed E-state index contributed by atoms with van der Waals surface area (Å²) >= 11 is 1.38. The second-order valence-electron chi connectivity index (χ2n) is 4.97. The van der Waals surface area contributed by atoms with Crippen LogP contribution in [0, 0.1) is 11.8 Å². The van der Waals surface area contributed by atoms with Gasteiger partial charge in [0.2, 0.25) is 0 Å². The summed E-state index contributed by atoms with van der Waals surface area (Å²) in [4.78, 5) is 5.08. The quantitative estimate of drug-likeness (QED) is 0.609. The maximum Gasteiger partial charge on any atom is 0.586 e. The molecular weight excluding hydrogens is 332 g/mol. The molecule has 0 atom stereocenters. The number of benzene rings is 2. The molecule has 1 aromatic heterocycles. The molecule has 6 heteroatoms. The number of halogens is 2. The monoisotopic (exact) mass is 341 g/mol. The van der Waals surface area contributed by atoms with E-state index in [9.17, 15) is 8.78 Å². The van der Waals surface area contributed by atoms with Gasteiger partial charge in [-0.25, -0.2) is 4.98 Å². The van der Waals surface area contributed by atoms with Gasteiger partial charge >= 0.3 is 6.29 Å². The summed E-state index contributed by atoms with van der Waals surface area (Å²) in [5.74, 6) is 6.12. The number of ether oxygens (including phenoxy) is 2. The number of rotatable bonds is 1. The lowest BCUT2D eigenvalue weighted by molar-refractivity contribution is -0.286.